The van der Waals surface area contributed by atoms with Gasteiger partial charge in [-0.2, -0.15) is 0 Å². The molecule has 0 aliphatic carbocycles. The molecule has 0 unspecified atom stereocenters. The minimum Gasteiger partial charge on any atom is -0.494 e. The number of hydrogen-bond acceptors (Lipinski definition) is 2. The number of hydrogen-bond donors (Lipinski definition) is 0. The molecule has 1 heterocycles. The lowest BCUT2D eigenvalue weighted by Gasteiger charge is -2.32. The molecule has 0 atom stereocenters. The third kappa shape index (κ3) is 3.73. The van der Waals surface area contributed by atoms with E-state index in [0.29, 0.717) is 12.5 Å². The van der Waals surface area contributed by atoms with Crippen LogP contribution in [0.5, 0.6) is 5.75 Å². The molecule has 0 bridgehead atoms. The van der Waals surface area contributed by atoms with Crippen LogP contribution in [0.4, 0.5) is 0 Å². The summed E-state index contributed by atoms with van der Waals surface area (Å²) in [5.74, 6) is 1.51. The summed E-state index contributed by atoms with van der Waals surface area (Å²) in [4.78, 5) is 14.6. The number of rotatable bonds is 4. The van der Waals surface area contributed by atoms with Gasteiger partial charge in [-0.1, -0.05) is 30.3 Å². The second-order valence-electron chi connectivity index (χ2n) is 5.93. The fourth-order valence-corrected chi connectivity index (χ4v) is 3.18. The summed E-state index contributed by atoms with van der Waals surface area (Å²) >= 11 is 0. The van der Waals surface area contributed by atoms with Gasteiger partial charge in [-0.25, -0.2) is 0 Å². The van der Waals surface area contributed by atoms with Crippen LogP contribution in [0.2, 0.25) is 0 Å². The van der Waals surface area contributed by atoms with Crippen LogP contribution in [0, 0.1) is 0 Å². The highest BCUT2D eigenvalue weighted by atomic mass is 16.5. The van der Waals surface area contributed by atoms with Crippen LogP contribution in [-0.4, -0.2) is 30.5 Å². The van der Waals surface area contributed by atoms with E-state index in [1.807, 2.05) is 42.2 Å². The molecule has 23 heavy (non-hydrogen) atoms. The largest absolute Gasteiger partial charge is 0.494 e. The summed E-state index contributed by atoms with van der Waals surface area (Å²) in [6.45, 7) is 4.24. The van der Waals surface area contributed by atoms with Gasteiger partial charge in [-0.15, -0.1) is 0 Å². The Morgan fingerprint density at radius 3 is 2.30 bits per heavy atom. The van der Waals surface area contributed by atoms with E-state index in [1.54, 1.807) is 0 Å². The van der Waals surface area contributed by atoms with Crippen molar-refractivity contribution in [3.8, 4) is 5.75 Å². The number of carbonyl (C=O) groups excluding carboxylic acids is 1. The first-order valence-corrected chi connectivity index (χ1v) is 8.35. The molecule has 0 radical (unpaired) electrons. The number of ether oxygens (including phenoxy) is 1. The molecule has 3 heteroatoms. The summed E-state index contributed by atoms with van der Waals surface area (Å²) < 4.78 is 5.42. The van der Waals surface area contributed by atoms with Crippen LogP contribution in [0.3, 0.4) is 0 Å². The molecule has 3 rings (SSSR count). The topological polar surface area (TPSA) is 29.5 Å². The highest BCUT2D eigenvalue weighted by molar-refractivity contribution is 5.94. The van der Waals surface area contributed by atoms with Gasteiger partial charge in [0.05, 0.1) is 6.61 Å². The van der Waals surface area contributed by atoms with Crippen molar-refractivity contribution < 1.29 is 9.53 Å². The van der Waals surface area contributed by atoms with Crippen molar-refractivity contribution in [1.82, 2.24) is 4.90 Å². The second kappa shape index (κ2) is 7.32. The monoisotopic (exact) mass is 309 g/mol. The smallest absolute Gasteiger partial charge is 0.253 e. The van der Waals surface area contributed by atoms with Gasteiger partial charge < -0.3 is 9.64 Å². The Hall–Kier alpha value is -2.29. The van der Waals surface area contributed by atoms with E-state index in [0.717, 1.165) is 37.2 Å². The Bertz CT molecular complexity index is 628. The normalized spacial score (nSPS) is 15.4. The number of nitrogens with zero attached hydrogens (tertiary/aromatic N) is 1. The molecule has 2 aromatic carbocycles. The molecular formula is C20H23NO2. The quantitative estimate of drug-likeness (QED) is 0.851. The van der Waals surface area contributed by atoms with Crippen LogP contribution >= 0.6 is 0 Å². The predicted molar refractivity (Wildman–Crippen MR) is 91.9 cm³/mol. The molecule has 0 N–H and O–H groups in total. The second-order valence-corrected chi connectivity index (χ2v) is 5.93. The molecule has 1 amide bonds. The highest BCUT2D eigenvalue weighted by Gasteiger charge is 2.24. The molecule has 1 fully saturated rings. The van der Waals surface area contributed by atoms with Crippen LogP contribution in [0.15, 0.2) is 54.6 Å². The SMILES string of the molecule is CCOc1ccc(C(=O)N2CCC(c3ccccc3)CC2)cc1. The third-order valence-corrected chi connectivity index (χ3v) is 4.47. The number of benzene rings is 2. The highest BCUT2D eigenvalue weighted by Crippen LogP contribution is 2.28. The molecule has 0 saturated carbocycles. The van der Waals surface area contributed by atoms with Gasteiger partial charge in [0.2, 0.25) is 0 Å². The fraction of sp³-hybridized carbons (Fsp3) is 0.350. The lowest BCUT2D eigenvalue weighted by Crippen LogP contribution is -2.37. The maximum absolute atomic E-state index is 12.6. The Morgan fingerprint density at radius 2 is 1.70 bits per heavy atom. The Morgan fingerprint density at radius 1 is 1.04 bits per heavy atom. The van der Waals surface area contributed by atoms with Gasteiger partial charge in [0.25, 0.3) is 5.91 Å². The third-order valence-electron chi connectivity index (χ3n) is 4.47. The van der Waals surface area contributed by atoms with E-state index in [4.69, 9.17) is 4.74 Å². The summed E-state index contributed by atoms with van der Waals surface area (Å²) in [6, 6.07) is 18.1. The van der Waals surface area contributed by atoms with Gasteiger partial charge >= 0.3 is 0 Å². The molecule has 1 aliphatic heterocycles. The number of carbonyl (C=O) groups is 1. The molecule has 1 aliphatic rings. The van der Waals surface area contributed by atoms with Crippen molar-refractivity contribution in [2.75, 3.05) is 19.7 Å². The Balaban J connectivity index is 1.59. The maximum atomic E-state index is 12.6. The molecule has 1 saturated heterocycles. The predicted octanol–water partition coefficient (Wildman–Crippen LogP) is 4.11. The van der Waals surface area contributed by atoms with Gasteiger partial charge in [-0.05, 0) is 55.5 Å². The first-order chi connectivity index (χ1) is 11.3. The van der Waals surface area contributed by atoms with Crippen molar-refractivity contribution in [3.63, 3.8) is 0 Å². The van der Waals surface area contributed by atoms with Gasteiger partial charge in [0.1, 0.15) is 5.75 Å². The molecule has 120 valence electrons. The summed E-state index contributed by atoms with van der Waals surface area (Å²) in [5, 5.41) is 0. The number of amides is 1. The van der Waals surface area contributed by atoms with E-state index in [1.165, 1.54) is 5.56 Å². The van der Waals surface area contributed by atoms with Crippen molar-refractivity contribution >= 4 is 5.91 Å². The van der Waals surface area contributed by atoms with Crippen LogP contribution < -0.4 is 4.74 Å². The van der Waals surface area contributed by atoms with Gasteiger partial charge in [-0.3, -0.25) is 4.79 Å². The molecule has 2 aromatic rings. The standard InChI is InChI=1S/C20H23NO2/c1-2-23-19-10-8-18(9-11-19)20(22)21-14-12-17(13-15-21)16-6-4-3-5-7-16/h3-11,17H,2,12-15H2,1H3. The lowest BCUT2D eigenvalue weighted by atomic mass is 9.89. The zero-order valence-corrected chi connectivity index (χ0v) is 13.6. The van der Waals surface area contributed by atoms with Crippen LogP contribution in [0.1, 0.15) is 41.6 Å². The number of piperidine rings is 1. The van der Waals surface area contributed by atoms with E-state index in [-0.39, 0.29) is 5.91 Å². The number of likely N-dealkylation sites (tertiary alicyclic amines) is 1. The molecule has 0 spiro atoms. The minimum absolute atomic E-state index is 0.125. The van der Waals surface area contributed by atoms with Crippen molar-refractivity contribution in [2.24, 2.45) is 0 Å². The first-order valence-electron chi connectivity index (χ1n) is 8.35. The minimum atomic E-state index is 0.125. The van der Waals surface area contributed by atoms with Crippen molar-refractivity contribution in [2.45, 2.75) is 25.7 Å². The van der Waals surface area contributed by atoms with Crippen LogP contribution in [-0.2, 0) is 0 Å². The zero-order chi connectivity index (χ0) is 16.1. The molecular weight excluding hydrogens is 286 g/mol. The summed E-state index contributed by atoms with van der Waals surface area (Å²) in [5.41, 5.74) is 2.13. The van der Waals surface area contributed by atoms with Gasteiger partial charge in [0.15, 0.2) is 0 Å². The molecule has 3 nitrogen and oxygen atoms in total. The average molecular weight is 309 g/mol. The maximum Gasteiger partial charge on any atom is 0.253 e. The van der Waals surface area contributed by atoms with E-state index in [9.17, 15) is 4.79 Å². The molecule has 0 aromatic heterocycles. The summed E-state index contributed by atoms with van der Waals surface area (Å²) in [7, 11) is 0. The van der Waals surface area contributed by atoms with E-state index >= 15 is 0 Å². The average Bonchev–Trinajstić information content (AvgIpc) is 2.63. The lowest BCUT2D eigenvalue weighted by molar-refractivity contribution is 0.0713. The Kier molecular flexibility index (Phi) is 4.96. The Labute approximate surface area is 137 Å². The first kappa shape index (κ1) is 15.6. The fourth-order valence-electron chi connectivity index (χ4n) is 3.18. The summed E-state index contributed by atoms with van der Waals surface area (Å²) in [6.07, 6.45) is 2.07. The van der Waals surface area contributed by atoms with Crippen molar-refractivity contribution in [1.29, 1.82) is 0 Å². The van der Waals surface area contributed by atoms with Crippen molar-refractivity contribution in [3.05, 3.63) is 65.7 Å². The van der Waals surface area contributed by atoms with Crippen LogP contribution in [0.25, 0.3) is 0 Å². The van der Waals surface area contributed by atoms with Gasteiger partial charge in [0, 0.05) is 18.7 Å². The zero-order valence-electron chi connectivity index (χ0n) is 13.6. The van der Waals surface area contributed by atoms with E-state index < -0.39 is 0 Å². The van der Waals surface area contributed by atoms with E-state index in [2.05, 4.69) is 24.3 Å².